The highest BCUT2D eigenvalue weighted by Crippen LogP contribution is 2.18. The van der Waals surface area contributed by atoms with Crippen molar-refractivity contribution in [3.63, 3.8) is 0 Å². The second kappa shape index (κ2) is 4.60. The third kappa shape index (κ3) is 2.15. The maximum atomic E-state index is 11.4. The Kier molecular flexibility index (Phi) is 3.69. The van der Waals surface area contributed by atoms with Gasteiger partial charge in [-0.3, -0.25) is 0 Å². The minimum absolute atomic E-state index is 0.273. The molecule has 0 aromatic heterocycles. The number of carbonyl (C=O) groups is 1. The van der Waals surface area contributed by atoms with Crippen LogP contribution in [0.1, 0.15) is 27.0 Å². The summed E-state index contributed by atoms with van der Waals surface area (Å²) < 4.78 is 4.70. The first-order chi connectivity index (χ1) is 6.60. The summed E-state index contributed by atoms with van der Waals surface area (Å²) in [7, 11) is 1.40. The Morgan fingerprint density at radius 3 is 2.50 bits per heavy atom. The molecule has 14 heavy (non-hydrogen) atoms. The molecule has 0 saturated carbocycles. The van der Waals surface area contributed by atoms with E-state index in [4.69, 9.17) is 4.74 Å². The van der Waals surface area contributed by atoms with E-state index in [0.717, 1.165) is 16.5 Å². The molecule has 0 saturated heterocycles. The van der Waals surface area contributed by atoms with E-state index in [9.17, 15) is 4.79 Å². The third-order valence-corrected chi connectivity index (χ3v) is 2.84. The lowest BCUT2D eigenvalue weighted by molar-refractivity contribution is 0.0600. The van der Waals surface area contributed by atoms with E-state index >= 15 is 0 Å². The van der Waals surface area contributed by atoms with Crippen LogP contribution >= 0.6 is 15.9 Å². The predicted molar refractivity (Wildman–Crippen MR) is 59.9 cm³/mol. The van der Waals surface area contributed by atoms with Crippen LogP contribution in [0.2, 0.25) is 0 Å². The Hall–Kier alpha value is -0.830. The van der Waals surface area contributed by atoms with E-state index in [2.05, 4.69) is 15.9 Å². The van der Waals surface area contributed by atoms with Crippen LogP contribution in [0.4, 0.5) is 0 Å². The Labute approximate surface area is 92.4 Å². The molecule has 0 bridgehead atoms. The van der Waals surface area contributed by atoms with Crippen molar-refractivity contribution in [2.45, 2.75) is 19.2 Å². The molecular weight excluding hydrogens is 244 g/mol. The molecule has 0 amide bonds. The van der Waals surface area contributed by atoms with Crippen molar-refractivity contribution in [1.29, 1.82) is 0 Å². The number of hydrogen-bond donors (Lipinski definition) is 0. The molecule has 0 radical (unpaired) electrons. The Balaban J connectivity index is 3.24. The number of benzene rings is 1. The predicted octanol–water partition coefficient (Wildman–Crippen LogP) is 2.98. The lowest BCUT2D eigenvalue weighted by Gasteiger charge is -2.08. The van der Waals surface area contributed by atoms with Gasteiger partial charge in [-0.1, -0.05) is 22.0 Å². The van der Waals surface area contributed by atoms with Crippen LogP contribution in [0.15, 0.2) is 12.1 Å². The molecule has 0 N–H and O–H groups in total. The molecule has 1 aromatic carbocycles. The summed E-state index contributed by atoms with van der Waals surface area (Å²) >= 11 is 3.39. The molecule has 0 heterocycles. The van der Waals surface area contributed by atoms with Crippen LogP contribution in [-0.2, 0) is 10.1 Å². The number of carbonyl (C=O) groups excluding carboxylic acids is 1. The third-order valence-electron chi connectivity index (χ3n) is 2.23. The number of hydrogen-bond acceptors (Lipinski definition) is 2. The van der Waals surface area contributed by atoms with Gasteiger partial charge in [0, 0.05) is 5.33 Å². The minimum atomic E-state index is -0.273. The number of methoxy groups -OCH3 is 1. The van der Waals surface area contributed by atoms with E-state index in [1.807, 2.05) is 26.0 Å². The molecule has 0 aliphatic carbocycles. The highest BCUT2D eigenvalue weighted by molar-refractivity contribution is 9.08. The Morgan fingerprint density at radius 2 is 2.00 bits per heavy atom. The molecular formula is C11H13BrO2. The molecule has 3 heteroatoms. The first-order valence-corrected chi connectivity index (χ1v) is 5.46. The zero-order valence-electron chi connectivity index (χ0n) is 8.56. The summed E-state index contributed by atoms with van der Waals surface area (Å²) in [6.07, 6.45) is 0. The van der Waals surface area contributed by atoms with Gasteiger partial charge in [-0.25, -0.2) is 4.79 Å². The van der Waals surface area contributed by atoms with Gasteiger partial charge in [-0.15, -0.1) is 0 Å². The van der Waals surface area contributed by atoms with Crippen LogP contribution in [0.25, 0.3) is 0 Å². The summed E-state index contributed by atoms with van der Waals surface area (Å²) in [5, 5.41) is 0.753. The Morgan fingerprint density at radius 1 is 1.36 bits per heavy atom. The van der Waals surface area contributed by atoms with Gasteiger partial charge in [0.2, 0.25) is 0 Å². The average Bonchev–Trinajstić information content (AvgIpc) is 2.17. The summed E-state index contributed by atoms with van der Waals surface area (Å²) in [5.41, 5.74) is 3.91. The standard InChI is InChI=1S/C11H13BrO2/c1-7-4-8(2)10(11(13)14-3)5-9(7)6-12/h4-5H,6H2,1-3H3. The summed E-state index contributed by atoms with van der Waals surface area (Å²) in [4.78, 5) is 11.4. The molecule has 0 atom stereocenters. The quantitative estimate of drug-likeness (QED) is 0.601. The van der Waals surface area contributed by atoms with E-state index in [-0.39, 0.29) is 5.97 Å². The van der Waals surface area contributed by atoms with Crippen molar-refractivity contribution in [1.82, 2.24) is 0 Å². The van der Waals surface area contributed by atoms with Crippen LogP contribution in [-0.4, -0.2) is 13.1 Å². The molecule has 1 aromatic rings. The van der Waals surface area contributed by atoms with Crippen LogP contribution in [0.3, 0.4) is 0 Å². The monoisotopic (exact) mass is 256 g/mol. The summed E-state index contributed by atoms with van der Waals surface area (Å²) in [6, 6.07) is 3.88. The SMILES string of the molecule is COC(=O)c1cc(CBr)c(C)cc1C. The fourth-order valence-electron chi connectivity index (χ4n) is 1.37. The Bertz CT molecular complexity index is 359. The van der Waals surface area contributed by atoms with Crippen molar-refractivity contribution in [2.24, 2.45) is 0 Å². The van der Waals surface area contributed by atoms with Gasteiger partial charge in [0.25, 0.3) is 0 Å². The number of rotatable bonds is 2. The maximum absolute atomic E-state index is 11.4. The second-order valence-corrected chi connectivity index (χ2v) is 3.78. The lowest BCUT2D eigenvalue weighted by Crippen LogP contribution is -2.05. The summed E-state index contributed by atoms with van der Waals surface area (Å²) in [6.45, 7) is 3.95. The molecule has 0 spiro atoms. The molecule has 0 aliphatic rings. The fraction of sp³-hybridized carbons (Fsp3) is 0.364. The van der Waals surface area contributed by atoms with Crippen LogP contribution in [0.5, 0.6) is 0 Å². The molecule has 1 rings (SSSR count). The van der Waals surface area contributed by atoms with Crippen molar-refractivity contribution in [3.8, 4) is 0 Å². The largest absolute Gasteiger partial charge is 0.465 e. The normalized spacial score (nSPS) is 10.0. The topological polar surface area (TPSA) is 26.3 Å². The maximum Gasteiger partial charge on any atom is 0.338 e. The summed E-state index contributed by atoms with van der Waals surface area (Å²) in [5.74, 6) is -0.273. The molecule has 76 valence electrons. The van der Waals surface area contributed by atoms with Gasteiger partial charge in [-0.05, 0) is 36.6 Å². The van der Waals surface area contributed by atoms with Gasteiger partial charge < -0.3 is 4.74 Å². The zero-order chi connectivity index (χ0) is 10.7. The first kappa shape index (κ1) is 11.2. The van der Waals surface area contributed by atoms with Crippen LogP contribution < -0.4 is 0 Å². The number of halogens is 1. The molecule has 0 fully saturated rings. The number of aryl methyl sites for hydroxylation is 2. The van der Waals surface area contributed by atoms with Gasteiger partial charge in [0.05, 0.1) is 12.7 Å². The fourth-order valence-corrected chi connectivity index (χ4v) is 1.98. The van der Waals surface area contributed by atoms with Gasteiger partial charge in [-0.2, -0.15) is 0 Å². The van der Waals surface area contributed by atoms with Gasteiger partial charge in [0.1, 0.15) is 0 Å². The van der Waals surface area contributed by atoms with Gasteiger partial charge in [0.15, 0.2) is 0 Å². The highest BCUT2D eigenvalue weighted by Gasteiger charge is 2.11. The molecule has 0 unspecified atom stereocenters. The first-order valence-electron chi connectivity index (χ1n) is 4.34. The van der Waals surface area contributed by atoms with E-state index < -0.39 is 0 Å². The minimum Gasteiger partial charge on any atom is -0.465 e. The van der Waals surface area contributed by atoms with Crippen molar-refractivity contribution >= 4 is 21.9 Å². The average molecular weight is 257 g/mol. The number of esters is 1. The van der Waals surface area contributed by atoms with Crippen molar-refractivity contribution < 1.29 is 9.53 Å². The van der Waals surface area contributed by atoms with Crippen molar-refractivity contribution in [3.05, 3.63) is 34.4 Å². The molecule has 2 nitrogen and oxygen atoms in total. The van der Waals surface area contributed by atoms with Crippen molar-refractivity contribution in [2.75, 3.05) is 7.11 Å². The lowest BCUT2D eigenvalue weighted by atomic mass is 10.0. The van der Waals surface area contributed by atoms with E-state index in [1.54, 1.807) is 0 Å². The smallest absolute Gasteiger partial charge is 0.338 e. The highest BCUT2D eigenvalue weighted by atomic mass is 79.9. The van der Waals surface area contributed by atoms with E-state index in [1.165, 1.54) is 12.7 Å². The van der Waals surface area contributed by atoms with Crippen LogP contribution in [0, 0.1) is 13.8 Å². The number of ether oxygens (including phenoxy) is 1. The van der Waals surface area contributed by atoms with Gasteiger partial charge >= 0.3 is 5.97 Å². The van der Waals surface area contributed by atoms with E-state index in [0.29, 0.717) is 5.56 Å². The molecule has 0 aliphatic heterocycles. The zero-order valence-corrected chi connectivity index (χ0v) is 10.1. The number of alkyl halides is 1. The second-order valence-electron chi connectivity index (χ2n) is 3.22.